The second-order valence-electron chi connectivity index (χ2n) is 4.43. The molecule has 1 aliphatic heterocycles. The predicted octanol–water partition coefficient (Wildman–Crippen LogP) is 1.02. The van der Waals surface area contributed by atoms with Crippen molar-refractivity contribution in [3.05, 3.63) is 0 Å². The largest absolute Gasteiger partial charge is 0.470 e. The lowest BCUT2D eigenvalue weighted by Gasteiger charge is -2.28. The van der Waals surface area contributed by atoms with E-state index < -0.39 is 5.79 Å². The Morgan fingerprint density at radius 1 is 1.20 bits per heavy atom. The highest BCUT2D eigenvalue weighted by atomic mass is 16.7. The van der Waals surface area contributed by atoms with Crippen LogP contribution in [-0.2, 0) is 9.47 Å². The number of ether oxygens (including phenoxy) is 3. The maximum atomic E-state index is 5.72. The average Bonchev–Trinajstić information content (AvgIpc) is 2.84. The Morgan fingerprint density at radius 2 is 1.90 bits per heavy atom. The highest BCUT2D eigenvalue weighted by Crippen LogP contribution is 2.33. The first-order valence-electron chi connectivity index (χ1n) is 6.64. The summed E-state index contributed by atoms with van der Waals surface area (Å²) in [5.41, 5.74) is 6.36. The Balaban J connectivity index is 2.10. The van der Waals surface area contributed by atoms with Crippen LogP contribution >= 0.6 is 0 Å². The van der Waals surface area contributed by atoms with Crippen molar-refractivity contribution in [2.75, 3.05) is 42.9 Å². The van der Waals surface area contributed by atoms with Gasteiger partial charge in [0.25, 0.3) is 0 Å². The van der Waals surface area contributed by atoms with Crippen LogP contribution < -0.4 is 21.1 Å². The van der Waals surface area contributed by atoms with Gasteiger partial charge in [-0.1, -0.05) is 0 Å². The van der Waals surface area contributed by atoms with Crippen LogP contribution in [0.3, 0.4) is 0 Å². The van der Waals surface area contributed by atoms with E-state index >= 15 is 0 Å². The molecule has 0 bridgehead atoms. The van der Waals surface area contributed by atoms with E-state index in [1.165, 1.54) is 0 Å². The first kappa shape index (κ1) is 14.6. The minimum absolute atomic E-state index is 0.157. The summed E-state index contributed by atoms with van der Waals surface area (Å²) in [6, 6.07) is 0. The fraction of sp³-hybridized carbons (Fsp3) is 0.667. The Hall–Kier alpha value is -1.80. The Kier molecular flexibility index (Phi) is 4.46. The molecular weight excluding hydrogens is 262 g/mol. The Labute approximate surface area is 118 Å². The van der Waals surface area contributed by atoms with Gasteiger partial charge in [0.1, 0.15) is 12.3 Å². The number of aromatic nitrogens is 2. The fourth-order valence-electron chi connectivity index (χ4n) is 2.00. The molecule has 2 rings (SSSR count). The van der Waals surface area contributed by atoms with E-state index in [-0.39, 0.29) is 12.6 Å². The van der Waals surface area contributed by atoms with Gasteiger partial charge < -0.3 is 30.6 Å². The molecule has 0 amide bonds. The third kappa shape index (κ3) is 3.20. The molecule has 1 aromatic heterocycles. The maximum absolute atomic E-state index is 5.72. The zero-order valence-electron chi connectivity index (χ0n) is 12.0. The molecule has 0 spiro atoms. The second kappa shape index (κ2) is 6.10. The van der Waals surface area contributed by atoms with E-state index in [1.54, 1.807) is 0 Å². The molecule has 0 atom stereocenters. The van der Waals surface area contributed by atoms with Crippen LogP contribution in [0.25, 0.3) is 0 Å². The zero-order valence-corrected chi connectivity index (χ0v) is 12.0. The lowest BCUT2D eigenvalue weighted by atomic mass is 10.3. The summed E-state index contributed by atoms with van der Waals surface area (Å²) in [4.78, 5) is 8.18. The Bertz CT molecular complexity index is 463. The summed E-state index contributed by atoms with van der Waals surface area (Å²) in [6.45, 7) is 7.48. The number of nitrogens with zero attached hydrogens (tertiary/aromatic N) is 2. The first-order valence-corrected chi connectivity index (χ1v) is 6.64. The Morgan fingerprint density at radius 3 is 2.55 bits per heavy atom. The fourth-order valence-corrected chi connectivity index (χ4v) is 2.00. The first-order chi connectivity index (χ1) is 9.58. The number of hydrogen-bond acceptors (Lipinski definition) is 8. The second-order valence-corrected chi connectivity index (χ2v) is 4.43. The van der Waals surface area contributed by atoms with Gasteiger partial charge in [-0.15, -0.1) is 0 Å². The molecular formula is C12H21N5O3. The monoisotopic (exact) mass is 283 g/mol. The molecule has 112 valence electrons. The summed E-state index contributed by atoms with van der Waals surface area (Å²) >= 11 is 0. The van der Waals surface area contributed by atoms with Crippen LogP contribution in [0.1, 0.15) is 20.8 Å². The lowest BCUT2D eigenvalue weighted by molar-refractivity contribution is -0.235. The average molecular weight is 283 g/mol. The number of nitrogens with two attached hydrogens (primary N) is 1. The van der Waals surface area contributed by atoms with Crippen LogP contribution in [0.2, 0.25) is 0 Å². The zero-order chi connectivity index (χ0) is 14.6. The summed E-state index contributed by atoms with van der Waals surface area (Å²) in [5, 5.41) is 6.14. The number of nitrogens with one attached hydrogen (secondary N) is 2. The highest BCUT2D eigenvalue weighted by molar-refractivity contribution is 5.75. The number of anilines is 3. The van der Waals surface area contributed by atoms with Crippen molar-refractivity contribution in [1.29, 1.82) is 0 Å². The predicted molar refractivity (Wildman–Crippen MR) is 75.7 cm³/mol. The topological polar surface area (TPSA) is 104 Å². The van der Waals surface area contributed by atoms with Gasteiger partial charge in [0.2, 0.25) is 11.8 Å². The molecule has 1 aromatic rings. The van der Waals surface area contributed by atoms with Crippen LogP contribution in [0.4, 0.5) is 17.5 Å². The number of hydrogen-bond donors (Lipinski definition) is 3. The van der Waals surface area contributed by atoms with Gasteiger partial charge in [-0.25, -0.2) is 0 Å². The van der Waals surface area contributed by atoms with E-state index in [0.29, 0.717) is 37.3 Å². The van der Waals surface area contributed by atoms with E-state index in [2.05, 4.69) is 20.6 Å². The van der Waals surface area contributed by atoms with Crippen LogP contribution in [0.15, 0.2) is 0 Å². The molecule has 0 unspecified atom stereocenters. The molecule has 0 saturated heterocycles. The third-order valence-corrected chi connectivity index (χ3v) is 2.78. The molecule has 4 N–H and O–H groups in total. The number of fused-ring (bicyclic) bond motifs is 1. The maximum Gasteiger partial charge on any atom is 0.244 e. The standard InChI is InChI=1S/C12H21N5O3/c1-4-19-12(3,20-5-2)6-18-10-8-9(15-7-14-8)16-11(13)17-10/h14H,4-7H2,1-3H3,(H3,13,15,16,17). The van der Waals surface area contributed by atoms with Gasteiger partial charge in [0, 0.05) is 13.2 Å². The van der Waals surface area contributed by atoms with Crippen molar-refractivity contribution < 1.29 is 14.2 Å². The van der Waals surface area contributed by atoms with Gasteiger partial charge in [-0.05, 0) is 20.8 Å². The van der Waals surface area contributed by atoms with E-state index in [9.17, 15) is 0 Å². The minimum atomic E-state index is -0.817. The van der Waals surface area contributed by atoms with Crippen molar-refractivity contribution >= 4 is 17.5 Å². The number of rotatable bonds is 7. The van der Waals surface area contributed by atoms with Gasteiger partial charge in [-0.2, -0.15) is 9.97 Å². The molecule has 0 saturated carbocycles. The SMILES string of the molecule is CCOC(C)(COc1nc(N)nc2c1NCN2)OCC. The van der Waals surface area contributed by atoms with E-state index in [0.717, 1.165) is 0 Å². The number of nitrogen functional groups attached to an aromatic ring is 1. The molecule has 1 aliphatic rings. The highest BCUT2D eigenvalue weighted by Gasteiger charge is 2.28. The molecule has 0 fully saturated rings. The molecule has 0 aliphatic carbocycles. The molecule has 20 heavy (non-hydrogen) atoms. The quantitative estimate of drug-likeness (QED) is 0.637. The van der Waals surface area contributed by atoms with Crippen LogP contribution in [0, 0.1) is 0 Å². The van der Waals surface area contributed by atoms with Crippen molar-refractivity contribution in [2.45, 2.75) is 26.6 Å². The third-order valence-electron chi connectivity index (χ3n) is 2.78. The minimum Gasteiger partial charge on any atom is -0.470 e. The van der Waals surface area contributed by atoms with Crippen molar-refractivity contribution in [2.24, 2.45) is 0 Å². The summed E-state index contributed by atoms with van der Waals surface area (Å²) in [5.74, 6) is 0.372. The van der Waals surface area contributed by atoms with Gasteiger partial charge in [-0.3, -0.25) is 0 Å². The van der Waals surface area contributed by atoms with Crippen molar-refractivity contribution in [3.63, 3.8) is 0 Å². The smallest absolute Gasteiger partial charge is 0.244 e. The summed E-state index contributed by atoms with van der Waals surface area (Å²) in [6.07, 6.45) is 0. The van der Waals surface area contributed by atoms with Gasteiger partial charge >= 0.3 is 0 Å². The molecule has 0 aromatic carbocycles. The molecule has 8 heteroatoms. The van der Waals surface area contributed by atoms with Crippen molar-refractivity contribution in [1.82, 2.24) is 9.97 Å². The molecule has 0 radical (unpaired) electrons. The van der Waals surface area contributed by atoms with Crippen LogP contribution in [0.5, 0.6) is 5.88 Å². The summed E-state index contributed by atoms with van der Waals surface area (Å²) < 4.78 is 16.9. The lowest BCUT2D eigenvalue weighted by Crippen LogP contribution is -2.39. The normalized spacial score (nSPS) is 13.6. The van der Waals surface area contributed by atoms with Crippen molar-refractivity contribution in [3.8, 4) is 5.88 Å². The van der Waals surface area contributed by atoms with Gasteiger partial charge in [0.15, 0.2) is 11.6 Å². The van der Waals surface area contributed by atoms with E-state index in [4.69, 9.17) is 19.9 Å². The summed E-state index contributed by atoms with van der Waals surface area (Å²) in [7, 11) is 0. The van der Waals surface area contributed by atoms with Gasteiger partial charge in [0.05, 0.1) is 6.67 Å². The molecule has 2 heterocycles. The van der Waals surface area contributed by atoms with E-state index in [1.807, 2.05) is 20.8 Å². The van der Waals surface area contributed by atoms with Crippen LogP contribution in [-0.4, -0.2) is 42.2 Å². The molecule has 8 nitrogen and oxygen atoms in total.